The number of nitrogens with zero attached hydrogens (tertiary/aromatic N) is 3. The van der Waals surface area contributed by atoms with E-state index in [9.17, 15) is 24.6 Å². The van der Waals surface area contributed by atoms with Crippen LogP contribution >= 0.6 is 11.6 Å². The molecule has 0 amide bonds. The number of pyridine rings is 2. The van der Waals surface area contributed by atoms with Crippen LogP contribution in [0.15, 0.2) is 59.7 Å². The number of hydrogen-bond donors (Lipinski definition) is 4. The second-order valence-electron chi connectivity index (χ2n) is 10.4. The van der Waals surface area contributed by atoms with Gasteiger partial charge in [0.05, 0.1) is 57.1 Å². The standard InChI is InChI=1S/C32H36ClN5O8/c1-44-28(41)12-22(39)17-34-14-20-7-8-26(37-31(20)46-3)25-6-4-5-24(30(25)33)19-9-10-38-27(11-19)36-16-21(32(38)43)15-35-18-23(40)13-29(42)45-2/h4-11,16,22-23,34-35,39-40H,12-15,17-18H2,1-3H3. The summed E-state index contributed by atoms with van der Waals surface area (Å²) in [6.45, 7) is 0.793. The van der Waals surface area contributed by atoms with Crippen LogP contribution in [0.2, 0.25) is 5.02 Å². The molecule has 2 atom stereocenters. The molecule has 46 heavy (non-hydrogen) atoms. The first-order valence-electron chi connectivity index (χ1n) is 14.4. The minimum atomic E-state index is -0.941. The van der Waals surface area contributed by atoms with Crippen molar-refractivity contribution in [1.29, 1.82) is 0 Å². The van der Waals surface area contributed by atoms with Gasteiger partial charge in [0.1, 0.15) is 5.65 Å². The van der Waals surface area contributed by atoms with E-state index in [1.54, 1.807) is 18.3 Å². The lowest BCUT2D eigenvalue weighted by Gasteiger charge is -2.14. The van der Waals surface area contributed by atoms with Gasteiger partial charge in [-0.05, 0) is 23.8 Å². The van der Waals surface area contributed by atoms with Gasteiger partial charge in [-0.2, -0.15) is 0 Å². The predicted octanol–water partition coefficient (Wildman–Crippen LogP) is 2.11. The van der Waals surface area contributed by atoms with Crippen molar-refractivity contribution in [2.45, 2.75) is 38.1 Å². The third-order valence-corrected chi connectivity index (χ3v) is 7.56. The van der Waals surface area contributed by atoms with Gasteiger partial charge < -0.3 is 35.1 Å². The molecule has 0 saturated carbocycles. The lowest BCUT2D eigenvalue weighted by molar-refractivity contribution is -0.143. The molecule has 14 heteroatoms. The Morgan fingerprint density at radius 1 is 0.913 bits per heavy atom. The number of halogens is 1. The fraction of sp³-hybridized carbons (Fsp3) is 0.344. The highest BCUT2D eigenvalue weighted by Gasteiger charge is 2.16. The van der Waals surface area contributed by atoms with Crippen molar-refractivity contribution in [3.8, 4) is 28.3 Å². The van der Waals surface area contributed by atoms with Crippen molar-refractivity contribution < 1.29 is 34.0 Å². The molecule has 2 unspecified atom stereocenters. The van der Waals surface area contributed by atoms with Crippen LogP contribution in [-0.2, 0) is 32.2 Å². The third-order valence-electron chi connectivity index (χ3n) is 7.15. The Balaban J connectivity index is 1.49. The Morgan fingerprint density at radius 2 is 1.54 bits per heavy atom. The Labute approximate surface area is 270 Å². The average molecular weight is 654 g/mol. The summed E-state index contributed by atoms with van der Waals surface area (Å²) in [6.07, 6.45) is 1.02. The Morgan fingerprint density at radius 3 is 2.17 bits per heavy atom. The summed E-state index contributed by atoms with van der Waals surface area (Å²) >= 11 is 6.91. The number of aromatic nitrogens is 3. The van der Waals surface area contributed by atoms with E-state index >= 15 is 0 Å². The van der Waals surface area contributed by atoms with E-state index in [0.29, 0.717) is 45.5 Å². The molecule has 0 saturated heterocycles. The quantitative estimate of drug-likeness (QED) is 0.138. The van der Waals surface area contributed by atoms with Crippen LogP contribution in [0.3, 0.4) is 0 Å². The molecule has 4 N–H and O–H groups in total. The molecule has 1 aromatic carbocycles. The zero-order valence-electron chi connectivity index (χ0n) is 25.7. The third kappa shape index (κ3) is 8.65. The molecular formula is C32H36ClN5O8. The molecule has 0 aliphatic carbocycles. The normalized spacial score (nSPS) is 12.5. The van der Waals surface area contributed by atoms with Crippen LogP contribution in [0, 0.1) is 0 Å². The summed E-state index contributed by atoms with van der Waals surface area (Å²) < 4.78 is 16.1. The van der Waals surface area contributed by atoms with Gasteiger partial charge in [0.2, 0.25) is 5.88 Å². The van der Waals surface area contributed by atoms with Crippen molar-refractivity contribution in [2.24, 2.45) is 0 Å². The van der Waals surface area contributed by atoms with Gasteiger partial charge in [0.25, 0.3) is 5.56 Å². The van der Waals surface area contributed by atoms with Gasteiger partial charge in [-0.3, -0.25) is 18.8 Å². The first kappa shape index (κ1) is 34.5. The number of esters is 2. The number of carbonyl (C=O) groups is 2. The monoisotopic (exact) mass is 653 g/mol. The maximum absolute atomic E-state index is 13.1. The molecule has 13 nitrogen and oxygen atoms in total. The highest BCUT2D eigenvalue weighted by molar-refractivity contribution is 6.36. The minimum Gasteiger partial charge on any atom is -0.481 e. The summed E-state index contributed by atoms with van der Waals surface area (Å²) in [7, 11) is 4.04. The van der Waals surface area contributed by atoms with E-state index < -0.39 is 24.1 Å². The van der Waals surface area contributed by atoms with Gasteiger partial charge in [-0.25, -0.2) is 9.97 Å². The number of benzene rings is 1. The van der Waals surface area contributed by atoms with Crippen molar-refractivity contribution in [1.82, 2.24) is 25.0 Å². The fourth-order valence-corrected chi connectivity index (χ4v) is 5.06. The summed E-state index contributed by atoms with van der Waals surface area (Å²) in [5.74, 6) is -0.628. The second-order valence-corrected chi connectivity index (χ2v) is 10.8. The highest BCUT2D eigenvalue weighted by Crippen LogP contribution is 2.36. The minimum absolute atomic E-state index is 0.105. The predicted molar refractivity (Wildman–Crippen MR) is 170 cm³/mol. The molecule has 0 spiro atoms. The van der Waals surface area contributed by atoms with Crippen LogP contribution in [0.4, 0.5) is 0 Å². The van der Waals surface area contributed by atoms with Gasteiger partial charge >= 0.3 is 11.9 Å². The molecule has 0 aliphatic rings. The zero-order chi connectivity index (χ0) is 33.2. The Kier molecular flexibility index (Phi) is 12.2. The fourth-order valence-electron chi connectivity index (χ4n) is 4.73. The van der Waals surface area contributed by atoms with E-state index in [4.69, 9.17) is 16.3 Å². The zero-order valence-corrected chi connectivity index (χ0v) is 26.4. The van der Waals surface area contributed by atoms with Gasteiger partial charge in [-0.15, -0.1) is 0 Å². The smallest absolute Gasteiger partial charge is 0.308 e. The molecule has 3 aromatic heterocycles. The summed E-state index contributed by atoms with van der Waals surface area (Å²) in [6, 6.07) is 12.8. The summed E-state index contributed by atoms with van der Waals surface area (Å²) in [5, 5.41) is 26.4. The summed E-state index contributed by atoms with van der Waals surface area (Å²) in [5.41, 5.74) is 4.02. The van der Waals surface area contributed by atoms with E-state index in [-0.39, 0.29) is 38.0 Å². The van der Waals surface area contributed by atoms with E-state index in [2.05, 4.69) is 30.1 Å². The number of hydrogen-bond acceptors (Lipinski definition) is 12. The second kappa shape index (κ2) is 16.2. The number of ether oxygens (including phenoxy) is 3. The lowest BCUT2D eigenvalue weighted by Crippen LogP contribution is -2.31. The van der Waals surface area contributed by atoms with Crippen molar-refractivity contribution >= 4 is 29.2 Å². The average Bonchev–Trinajstić information content (AvgIpc) is 3.05. The van der Waals surface area contributed by atoms with Crippen LogP contribution in [-0.4, -0.2) is 83.1 Å². The van der Waals surface area contributed by atoms with Crippen molar-refractivity contribution in [2.75, 3.05) is 34.4 Å². The summed E-state index contributed by atoms with van der Waals surface area (Å²) in [4.78, 5) is 44.9. The molecule has 0 radical (unpaired) electrons. The van der Waals surface area contributed by atoms with Crippen LogP contribution in [0.25, 0.3) is 28.0 Å². The molecule has 0 aliphatic heterocycles. The maximum atomic E-state index is 13.1. The number of carbonyl (C=O) groups excluding carboxylic acids is 2. The Hall–Kier alpha value is -4.40. The molecular weight excluding hydrogens is 618 g/mol. The first-order valence-corrected chi connectivity index (χ1v) is 14.8. The molecule has 4 rings (SSSR count). The molecule has 0 fully saturated rings. The van der Waals surface area contributed by atoms with Crippen LogP contribution in [0.1, 0.15) is 24.0 Å². The Bertz CT molecular complexity index is 1750. The topological polar surface area (TPSA) is 174 Å². The van der Waals surface area contributed by atoms with E-state index in [1.807, 2.05) is 30.3 Å². The molecule has 3 heterocycles. The van der Waals surface area contributed by atoms with Crippen LogP contribution < -0.4 is 20.9 Å². The lowest BCUT2D eigenvalue weighted by atomic mass is 10.0. The largest absolute Gasteiger partial charge is 0.481 e. The van der Waals surface area contributed by atoms with Gasteiger partial charge in [0.15, 0.2) is 0 Å². The number of rotatable bonds is 15. The number of aliphatic hydroxyl groups is 2. The van der Waals surface area contributed by atoms with E-state index in [0.717, 1.165) is 11.1 Å². The number of fused-ring (bicyclic) bond motifs is 1. The number of methoxy groups -OCH3 is 3. The van der Waals surface area contributed by atoms with Gasteiger partial charge in [0, 0.05) is 60.8 Å². The number of nitrogens with one attached hydrogen (secondary N) is 2. The maximum Gasteiger partial charge on any atom is 0.308 e. The van der Waals surface area contributed by atoms with Gasteiger partial charge in [-0.1, -0.05) is 35.9 Å². The van der Waals surface area contributed by atoms with Crippen molar-refractivity contribution in [3.05, 3.63) is 81.4 Å². The molecule has 0 bridgehead atoms. The first-order chi connectivity index (χ1) is 22.1. The van der Waals surface area contributed by atoms with Crippen molar-refractivity contribution in [3.63, 3.8) is 0 Å². The highest BCUT2D eigenvalue weighted by atomic mass is 35.5. The van der Waals surface area contributed by atoms with E-state index in [1.165, 1.54) is 31.9 Å². The molecule has 4 aromatic rings. The van der Waals surface area contributed by atoms with Crippen LogP contribution in [0.5, 0.6) is 5.88 Å². The SMILES string of the molecule is COC(=O)CC(O)CNCc1ccc(-c2cccc(-c3ccn4c(=O)c(CNCC(O)CC(=O)OC)cnc4c3)c2Cl)nc1OC. The number of aliphatic hydroxyl groups excluding tert-OH is 2. The molecule has 244 valence electrons.